The lowest BCUT2D eigenvalue weighted by Crippen LogP contribution is -2.23. The molecule has 8 heteroatoms. The van der Waals surface area contributed by atoms with Gasteiger partial charge in [0.2, 0.25) is 5.88 Å². The molecule has 5 nitrogen and oxygen atoms in total. The van der Waals surface area contributed by atoms with E-state index in [1.807, 2.05) is 11.4 Å². The number of carbonyl (C=O) groups excluding carboxylic acids is 1. The number of aromatic nitrogens is 2. The van der Waals surface area contributed by atoms with Gasteiger partial charge in [-0.25, -0.2) is 4.98 Å². The molecule has 0 aliphatic heterocycles. The fourth-order valence-corrected chi connectivity index (χ4v) is 3.09. The van der Waals surface area contributed by atoms with Crippen molar-refractivity contribution in [2.75, 3.05) is 0 Å². The Kier molecular flexibility index (Phi) is 5.30. The summed E-state index contributed by atoms with van der Waals surface area (Å²) in [6.45, 7) is 0.378. The summed E-state index contributed by atoms with van der Waals surface area (Å²) in [5.74, 6) is 0.293. The molecule has 24 heavy (non-hydrogen) atoms. The van der Waals surface area contributed by atoms with Crippen molar-refractivity contribution >= 4 is 40.4 Å². The van der Waals surface area contributed by atoms with Gasteiger partial charge in [-0.1, -0.05) is 23.2 Å². The summed E-state index contributed by atoms with van der Waals surface area (Å²) in [7, 11) is 0. The average Bonchev–Trinajstić information content (AvgIpc) is 2.99. The first-order chi connectivity index (χ1) is 11.6. The highest BCUT2D eigenvalue weighted by atomic mass is 35.5. The van der Waals surface area contributed by atoms with E-state index in [4.69, 9.17) is 27.9 Å². The topological polar surface area (TPSA) is 64.1 Å². The van der Waals surface area contributed by atoms with Crippen LogP contribution < -0.4 is 10.1 Å². The first-order valence-corrected chi connectivity index (χ1v) is 8.50. The predicted molar refractivity (Wildman–Crippen MR) is 94.1 cm³/mol. The number of pyridine rings is 2. The number of ether oxygens (including phenoxy) is 1. The summed E-state index contributed by atoms with van der Waals surface area (Å²) in [5.41, 5.74) is 0.320. The van der Waals surface area contributed by atoms with Gasteiger partial charge in [0.05, 0.1) is 22.8 Å². The first kappa shape index (κ1) is 16.7. The van der Waals surface area contributed by atoms with E-state index >= 15 is 0 Å². The highest BCUT2D eigenvalue weighted by Crippen LogP contribution is 2.24. The molecular weight excluding hydrogens is 369 g/mol. The second kappa shape index (κ2) is 7.61. The lowest BCUT2D eigenvalue weighted by atomic mass is 10.2. The van der Waals surface area contributed by atoms with E-state index in [1.165, 1.54) is 23.7 Å². The molecule has 1 N–H and O–H groups in total. The van der Waals surface area contributed by atoms with Crippen molar-refractivity contribution in [1.29, 1.82) is 0 Å². The maximum absolute atomic E-state index is 12.4. The lowest BCUT2D eigenvalue weighted by molar-refractivity contribution is 0.0948. The number of rotatable bonds is 5. The molecule has 3 aromatic rings. The molecule has 3 heterocycles. The number of halogens is 2. The van der Waals surface area contributed by atoms with Crippen LogP contribution >= 0.6 is 34.5 Å². The van der Waals surface area contributed by atoms with Crippen molar-refractivity contribution in [2.45, 2.75) is 6.54 Å². The summed E-state index contributed by atoms with van der Waals surface area (Å²) in [6, 6.07) is 6.71. The lowest BCUT2D eigenvalue weighted by Gasteiger charge is -2.10. The molecule has 0 saturated heterocycles. The van der Waals surface area contributed by atoms with Gasteiger partial charge in [-0.2, -0.15) is 0 Å². The van der Waals surface area contributed by atoms with Crippen LogP contribution in [0.3, 0.4) is 0 Å². The Bertz CT molecular complexity index is 870. The third-order valence-corrected chi connectivity index (χ3v) is 4.45. The normalized spacial score (nSPS) is 10.4. The molecule has 0 unspecified atom stereocenters. The predicted octanol–water partition coefficient (Wildman–Crippen LogP) is 4.57. The molecule has 122 valence electrons. The van der Waals surface area contributed by atoms with Gasteiger partial charge < -0.3 is 10.1 Å². The molecule has 0 aromatic carbocycles. The Balaban J connectivity index is 1.74. The van der Waals surface area contributed by atoms with Gasteiger partial charge in [0.1, 0.15) is 11.3 Å². The molecule has 0 aliphatic rings. The number of nitrogens with one attached hydrogen (secondary N) is 1. The minimum atomic E-state index is -0.294. The van der Waals surface area contributed by atoms with Gasteiger partial charge >= 0.3 is 0 Å². The van der Waals surface area contributed by atoms with Crippen LogP contribution in [0.5, 0.6) is 11.6 Å². The Morgan fingerprint density at radius 2 is 2.12 bits per heavy atom. The molecule has 3 aromatic heterocycles. The van der Waals surface area contributed by atoms with E-state index in [2.05, 4.69) is 15.3 Å². The molecule has 0 saturated carbocycles. The van der Waals surface area contributed by atoms with E-state index in [0.717, 1.165) is 4.88 Å². The van der Waals surface area contributed by atoms with Gasteiger partial charge in [0, 0.05) is 28.7 Å². The van der Waals surface area contributed by atoms with Crippen molar-refractivity contribution < 1.29 is 9.53 Å². The molecule has 1 amide bonds. The zero-order valence-corrected chi connectivity index (χ0v) is 14.5. The quantitative estimate of drug-likeness (QED) is 0.705. The molecule has 0 bridgehead atoms. The molecule has 0 fully saturated rings. The smallest absolute Gasteiger partial charge is 0.257 e. The van der Waals surface area contributed by atoms with E-state index in [-0.39, 0.29) is 11.8 Å². The molecule has 0 spiro atoms. The maximum Gasteiger partial charge on any atom is 0.257 e. The number of hydrogen-bond acceptors (Lipinski definition) is 5. The fraction of sp³-hybridized carbons (Fsp3) is 0.0625. The third-order valence-electron chi connectivity index (χ3n) is 2.96. The summed E-state index contributed by atoms with van der Waals surface area (Å²) < 4.78 is 5.63. The number of hydrogen-bond donors (Lipinski definition) is 1. The Morgan fingerprint density at radius 3 is 2.88 bits per heavy atom. The average molecular weight is 380 g/mol. The van der Waals surface area contributed by atoms with Crippen LogP contribution in [0.1, 0.15) is 15.2 Å². The van der Waals surface area contributed by atoms with Gasteiger partial charge in [0.25, 0.3) is 5.91 Å². The van der Waals surface area contributed by atoms with Crippen molar-refractivity contribution in [3.63, 3.8) is 0 Å². The van der Waals surface area contributed by atoms with E-state index in [9.17, 15) is 4.79 Å². The van der Waals surface area contributed by atoms with Crippen LogP contribution in [0.15, 0.2) is 48.2 Å². The van der Waals surface area contributed by atoms with Gasteiger partial charge in [-0.3, -0.25) is 9.78 Å². The van der Waals surface area contributed by atoms with Crippen molar-refractivity contribution in [2.24, 2.45) is 0 Å². The standard InChI is InChI=1S/C16H11Cl2N3O2S/c17-10-4-12(7-19-6-10)23-16-14(2-1-3-20-16)15(22)21-8-13-5-11(18)9-24-13/h1-7,9H,8H2,(H,21,22). The Hall–Kier alpha value is -2.15. The van der Waals surface area contributed by atoms with E-state index in [1.54, 1.807) is 24.4 Å². The molecule has 3 rings (SSSR count). The maximum atomic E-state index is 12.4. The first-order valence-electron chi connectivity index (χ1n) is 6.86. The van der Waals surface area contributed by atoms with Gasteiger partial charge in [-0.15, -0.1) is 11.3 Å². The highest BCUT2D eigenvalue weighted by molar-refractivity contribution is 7.10. The third kappa shape index (κ3) is 4.23. The zero-order valence-electron chi connectivity index (χ0n) is 12.2. The second-order valence-electron chi connectivity index (χ2n) is 4.71. The van der Waals surface area contributed by atoms with Crippen molar-refractivity contribution in [3.8, 4) is 11.6 Å². The number of carbonyl (C=O) groups is 1. The monoisotopic (exact) mass is 379 g/mol. The van der Waals surface area contributed by atoms with Crippen LogP contribution in [0, 0.1) is 0 Å². The zero-order chi connectivity index (χ0) is 16.9. The van der Waals surface area contributed by atoms with Crippen molar-refractivity contribution in [1.82, 2.24) is 15.3 Å². The minimum Gasteiger partial charge on any atom is -0.436 e. The summed E-state index contributed by atoms with van der Waals surface area (Å²) in [6.07, 6.45) is 4.53. The van der Waals surface area contributed by atoms with Crippen LogP contribution in [-0.2, 0) is 6.54 Å². The van der Waals surface area contributed by atoms with Gasteiger partial charge in [0.15, 0.2) is 0 Å². The molecule has 0 atom stereocenters. The highest BCUT2D eigenvalue weighted by Gasteiger charge is 2.14. The molecule has 0 radical (unpaired) electrons. The minimum absolute atomic E-state index is 0.184. The van der Waals surface area contributed by atoms with E-state index in [0.29, 0.717) is 27.9 Å². The summed E-state index contributed by atoms with van der Waals surface area (Å²) in [5, 5.41) is 5.72. The number of thiophene rings is 1. The van der Waals surface area contributed by atoms with Crippen LogP contribution in [0.25, 0.3) is 0 Å². The fourth-order valence-electron chi connectivity index (χ4n) is 1.91. The largest absolute Gasteiger partial charge is 0.436 e. The summed E-state index contributed by atoms with van der Waals surface area (Å²) >= 11 is 13.2. The number of nitrogens with zero attached hydrogens (tertiary/aromatic N) is 2. The van der Waals surface area contributed by atoms with Gasteiger partial charge in [-0.05, 0) is 18.2 Å². The Morgan fingerprint density at radius 1 is 1.25 bits per heavy atom. The molecular formula is C16H11Cl2N3O2S. The van der Waals surface area contributed by atoms with Crippen LogP contribution in [-0.4, -0.2) is 15.9 Å². The molecule has 0 aliphatic carbocycles. The summed E-state index contributed by atoms with van der Waals surface area (Å²) in [4.78, 5) is 21.4. The van der Waals surface area contributed by atoms with Crippen molar-refractivity contribution in [3.05, 3.63) is 68.7 Å². The Labute approximate surface area is 152 Å². The van der Waals surface area contributed by atoms with E-state index < -0.39 is 0 Å². The number of amides is 1. The SMILES string of the molecule is O=C(NCc1cc(Cl)cs1)c1cccnc1Oc1cncc(Cl)c1. The van der Waals surface area contributed by atoms with Crippen LogP contribution in [0.4, 0.5) is 0 Å². The second-order valence-corrected chi connectivity index (χ2v) is 6.58. The van der Waals surface area contributed by atoms with Crippen LogP contribution in [0.2, 0.25) is 10.0 Å².